The fraction of sp³-hybridized carbons (Fsp3) is 0.214. The molecular weight excluding hydrogens is 408 g/mol. The van der Waals surface area contributed by atoms with Gasteiger partial charge in [0, 0.05) is 28.1 Å². The normalized spacial score (nSPS) is 15.7. The summed E-state index contributed by atoms with van der Waals surface area (Å²) in [4.78, 5) is 14.5. The Hall–Kier alpha value is -3.86. The summed E-state index contributed by atoms with van der Waals surface area (Å²) in [5, 5.41) is 2.09. The summed E-state index contributed by atoms with van der Waals surface area (Å²) in [5.41, 5.74) is 6.74. The van der Waals surface area contributed by atoms with Gasteiger partial charge in [0.2, 0.25) is 5.71 Å². The van der Waals surface area contributed by atoms with Crippen LogP contribution in [0.15, 0.2) is 77.2 Å². The fourth-order valence-electron chi connectivity index (χ4n) is 5.12. The first-order chi connectivity index (χ1) is 16.0. The van der Waals surface area contributed by atoms with Crippen LogP contribution >= 0.6 is 0 Å². The molecule has 0 N–H and O–H groups in total. The number of fused-ring (bicyclic) bond motifs is 4. The molecule has 0 aliphatic carbocycles. The molecule has 1 atom stereocenters. The zero-order valence-corrected chi connectivity index (χ0v) is 19.3. The van der Waals surface area contributed by atoms with Gasteiger partial charge in [-0.15, -0.1) is 0 Å². The molecule has 0 saturated heterocycles. The summed E-state index contributed by atoms with van der Waals surface area (Å²) in [6, 6.07) is 25.5. The second-order valence-electron chi connectivity index (χ2n) is 8.96. The van der Waals surface area contributed by atoms with E-state index in [0.29, 0.717) is 11.8 Å². The van der Waals surface area contributed by atoms with Crippen LogP contribution in [0.5, 0.6) is 0 Å². The molecule has 4 heterocycles. The van der Waals surface area contributed by atoms with Gasteiger partial charge in [-0.05, 0) is 70.2 Å². The van der Waals surface area contributed by atoms with Crippen molar-refractivity contribution in [1.82, 2.24) is 9.97 Å². The Bertz CT molecular complexity index is 1500. The molecule has 1 aliphatic rings. The number of aromatic nitrogens is 2. The van der Waals surface area contributed by atoms with Crippen molar-refractivity contribution in [2.75, 3.05) is 9.80 Å². The predicted molar refractivity (Wildman–Crippen MR) is 135 cm³/mol. The van der Waals surface area contributed by atoms with Crippen LogP contribution in [0, 0.1) is 6.92 Å². The van der Waals surface area contributed by atoms with Crippen molar-refractivity contribution in [3.05, 3.63) is 78.5 Å². The zero-order valence-electron chi connectivity index (χ0n) is 19.3. The standard InChI is InChI=1S/C28H26N4O/c1-17(2)31-19(4)32(25-13-6-5-12-24(25)31)26-14-8-11-23(30-26)22-10-7-9-20-21-16-15-18(3)29-28(21)33-27(20)22/h5-17,19H,1-4H3. The van der Waals surface area contributed by atoms with Crippen molar-refractivity contribution < 1.29 is 4.42 Å². The minimum absolute atomic E-state index is 0.166. The smallest absolute Gasteiger partial charge is 0.227 e. The molecule has 5 heteroatoms. The molecule has 1 aliphatic heterocycles. The van der Waals surface area contributed by atoms with E-state index < -0.39 is 0 Å². The third-order valence-electron chi connectivity index (χ3n) is 6.51. The van der Waals surface area contributed by atoms with Gasteiger partial charge in [-0.2, -0.15) is 0 Å². The minimum atomic E-state index is 0.166. The lowest BCUT2D eigenvalue weighted by molar-refractivity contribution is 0.604. The maximum atomic E-state index is 6.24. The molecule has 0 fully saturated rings. The molecule has 0 radical (unpaired) electrons. The lowest BCUT2D eigenvalue weighted by Crippen LogP contribution is -2.42. The third kappa shape index (κ3) is 2.99. The first kappa shape index (κ1) is 19.8. The fourth-order valence-corrected chi connectivity index (χ4v) is 5.12. The molecule has 0 amide bonds. The van der Waals surface area contributed by atoms with Gasteiger partial charge in [0.15, 0.2) is 0 Å². The van der Waals surface area contributed by atoms with Crippen molar-refractivity contribution in [3.63, 3.8) is 0 Å². The number of rotatable bonds is 3. The number of hydrogen-bond donors (Lipinski definition) is 0. The van der Waals surface area contributed by atoms with E-state index in [9.17, 15) is 0 Å². The Morgan fingerprint density at radius 1 is 0.818 bits per heavy atom. The monoisotopic (exact) mass is 434 g/mol. The van der Waals surface area contributed by atoms with Gasteiger partial charge in [0.05, 0.1) is 17.1 Å². The maximum absolute atomic E-state index is 6.24. The van der Waals surface area contributed by atoms with Crippen LogP contribution in [-0.4, -0.2) is 22.2 Å². The molecule has 5 nitrogen and oxygen atoms in total. The van der Waals surface area contributed by atoms with Crippen molar-refractivity contribution in [1.29, 1.82) is 0 Å². The Kier molecular flexibility index (Phi) is 4.40. The van der Waals surface area contributed by atoms with E-state index in [1.807, 2.05) is 13.0 Å². The molecule has 0 bridgehead atoms. The summed E-state index contributed by atoms with van der Waals surface area (Å²) >= 11 is 0. The second kappa shape index (κ2) is 7.34. The van der Waals surface area contributed by atoms with Crippen LogP contribution in [-0.2, 0) is 0 Å². The number of aryl methyl sites for hydroxylation is 1. The van der Waals surface area contributed by atoms with Crippen LogP contribution < -0.4 is 9.80 Å². The lowest BCUT2D eigenvalue weighted by atomic mass is 10.1. The quantitative estimate of drug-likeness (QED) is 0.304. The number of pyridine rings is 2. The van der Waals surface area contributed by atoms with Crippen LogP contribution in [0.4, 0.5) is 17.2 Å². The molecule has 1 unspecified atom stereocenters. The van der Waals surface area contributed by atoms with E-state index in [1.165, 1.54) is 11.4 Å². The van der Waals surface area contributed by atoms with E-state index in [4.69, 9.17) is 9.40 Å². The number of benzene rings is 2. The molecule has 0 spiro atoms. The number of para-hydroxylation sites is 3. The van der Waals surface area contributed by atoms with Crippen molar-refractivity contribution >= 4 is 39.3 Å². The average molecular weight is 435 g/mol. The van der Waals surface area contributed by atoms with Crippen LogP contribution in [0.25, 0.3) is 33.3 Å². The SMILES string of the molecule is Cc1ccc2c(n1)oc1c(-c3cccc(N4c5ccccc5N(C(C)C)C4C)n3)cccc12. The molecule has 3 aromatic heterocycles. The van der Waals surface area contributed by atoms with E-state index in [2.05, 4.69) is 102 Å². The largest absolute Gasteiger partial charge is 0.437 e. The van der Waals surface area contributed by atoms with Gasteiger partial charge in [0.1, 0.15) is 17.6 Å². The summed E-state index contributed by atoms with van der Waals surface area (Å²) < 4.78 is 6.24. The van der Waals surface area contributed by atoms with Crippen molar-refractivity contribution in [2.24, 2.45) is 0 Å². The van der Waals surface area contributed by atoms with Gasteiger partial charge < -0.3 is 14.2 Å². The Labute approximate surface area is 193 Å². The maximum Gasteiger partial charge on any atom is 0.227 e. The highest BCUT2D eigenvalue weighted by Gasteiger charge is 2.35. The first-order valence-electron chi connectivity index (χ1n) is 11.5. The summed E-state index contributed by atoms with van der Waals surface area (Å²) in [7, 11) is 0. The molecule has 33 heavy (non-hydrogen) atoms. The number of nitrogens with zero attached hydrogens (tertiary/aromatic N) is 4. The van der Waals surface area contributed by atoms with Gasteiger partial charge >= 0.3 is 0 Å². The van der Waals surface area contributed by atoms with Gasteiger partial charge in [-0.25, -0.2) is 9.97 Å². The Morgan fingerprint density at radius 3 is 2.42 bits per heavy atom. The summed E-state index contributed by atoms with van der Waals surface area (Å²) in [6.45, 7) is 8.69. The Balaban J connectivity index is 1.50. The third-order valence-corrected chi connectivity index (χ3v) is 6.51. The molecule has 164 valence electrons. The first-order valence-corrected chi connectivity index (χ1v) is 11.5. The second-order valence-corrected chi connectivity index (χ2v) is 8.96. The number of furan rings is 1. The summed E-state index contributed by atoms with van der Waals surface area (Å²) in [6.07, 6.45) is 0.166. The number of anilines is 3. The summed E-state index contributed by atoms with van der Waals surface area (Å²) in [5.74, 6) is 0.928. The van der Waals surface area contributed by atoms with E-state index >= 15 is 0 Å². The molecule has 5 aromatic rings. The van der Waals surface area contributed by atoms with Crippen molar-refractivity contribution in [3.8, 4) is 11.3 Å². The zero-order chi connectivity index (χ0) is 22.7. The lowest BCUT2D eigenvalue weighted by Gasteiger charge is -2.32. The van der Waals surface area contributed by atoms with Crippen molar-refractivity contribution in [2.45, 2.75) is 39.9 Å². The van der Waals surface area contributed by atoms with Gasteiger partial charge in [-0.3, -0.25) is 0 Å². The van der Waals surface area contributed by atoms with Crippen LogP contribution in [0.1, 0.15) is 26.5 Å². The minimum Gasteiger partial charge on any atom is -0.437 e. The van der Waals surface area contributed by atoms with Crippen LogP contribution in [0.3, 0.4) is 0 Å². The number of hydrogen-bond acceptors (Lipinski definition) is 5. The van der Waals surface area contributed by atoms with E-state index in [1.54, 1.807) is 0 Å². The Morgan fingerprint density at radius 2 is 1.61 bits per heavy atom. The highest BCUT2D eigenvalue weighted by Crippen LogP contribution is 2.44. The van der Waals surface area contributed by atoms with Crippen LogP contribution in [0.2, 0.25) is 0 Å². The molecule has 0 saturated carbocycles. The van der Waals surface area contributed by atoms with Gasteiger partial charge in [-0.1, -0.05) is 30.3 Å². The highest BCUT2D eigenvalue weighted by atomic mass is 16.3. The average Bonchev–Trinajstić information content (AvgIpc) is 3.32. The van der Waals surface area contributed by atoms with E-state index in [0.717, 1.165) is 39.1 Å². The molecule has 2 aromatic carbocycles. The highest BCUT2D eigenvalue weighted by molar-refractivity contribution is 6.08. The molecule has 6 rings (SSSR count). The van der Waals surface area contributed by atoms with E-state index in [-0.39, 0.29) is 6.17 Å². The topological polar surface area (TPSA) is 45.4 Å². The predicted octanol–water partition coefficient (Wildman–Crippen LogP) is 7.06. The van der Waals surface area contributed by atoms with Gasteiger partial charge in [0.25, 0.3) is 0 Å². The molecular formula is C28H26N4O.